The van der Waals surface area contributed by atoms with Gasteiger partial charge in [-0.1, -0.05) is 0 Å². The van der Waals surface area contributed by atoms with Crippen LogP contribution in [0.4, 0.5) is 4.79 Å². The molecular weight excluding hydrogens is 206 g/mol. The Morgan fingerprint density at radius 2 is 2.06 bits per heavy atom. The molecule has 0 N–H and O–H groups in total. The second-order valence-electron chi connectivity index (χ2n) is 4.84. The Labute approximate surface area is 95.9 Å². The van der Waals surface area contributed by atoms with E-state index >= 15 is 0 Å². The van der Waals surface area contributed by atoms with E-state index in [1.165, 1.54) is 4.90 Å². The quantitative estimate of drug-likeness (QED) is 0.501. The van der Waals surface area contributed by atoms with E-state index in [0.717, 1.165) is 6.42 Å². The number of carbonyl (C=O) groups excluding carboxylic acids is 2. The molecule has 0 aromatic rings. The molecule has 0 spiro atoms. The molecular formula is C12H17NO3. The smallest absolute Gasteiger partial charge is 0.410 e. The molecule has 88 valence electrons. The predicted molar refractivity (Wildman–Crippen MR) is 59.8 cm³/mol. The minimum absolute atomic E-state index is 0.344. The third-order valence-electron chi connectivity index (χ3n) is 2.33. The zero-order valence-corrected chi connectivity index (χ0v) is 9.95. The number of hydrogen-bond donors (Lipinski definition) is 0. The molecule has 0 bridgehead atoms. The Morgan fingerprint density at radius 1 is 1.44 bits per heavy atom. The largest absolute Gasteiger partial charge is 0.444 e. The summed E-state index contributed by atoms with van der Waals surface area (Å²) in [7, 11) is 0. The van der Waals surface area contributed by atoms with Crippen molar-refractivity contribution in [1.29, 1.82) is 0 Å². The molecule has 4 nitrogen and oxygen atoms in total. The molecule has 1 atom stereocenters. The van der Waals surface area contributed by atoms with Crippen molar-refractivity contribution in [3.05, 3.63) is 0 Å². The molecule has 0 aromatic carbocycles. The second-order valence-corrected chi connectivity index (χ2v) is 4.84. The molecule has 0 unspecified atom stereocenters. The molecule has 1 saturated heterocycles. The lowest BCUT2D eigenvalue weighted by atomic mass is 10.1. The number of carbonyl (C=O) groups is 2. The molecule has 0 aliphatic carbocycles. The topological polar surface area (TPSA) is 46.6 Å². The van der Waals surface area contributed by atoms with Gasteiger partial charge < -0.3 is 4.74 Å². The van der Waals surface area contributed by atoms with Crippen molar-refractivity contribution in [2.24, 2.45) is 0 Å². The van der Waals surface area contributed by atoms with Crippen molar-refractivity contribution in [2.75, 3.05) is 6.54 Å². The van der Waals surface area contributed by atoms with Crippen molar-refractivity contribution in [2.45, 2.75) is 45.3 Å². The standard InChI is InChI=1S/C12H17NO3/c1-5-10(14)9-7-6-8-13(9)11(15)16-12(2,3)4/h1,9H,6-8H2,2-4H3/t9-/m1/s1. The fraction of sp³-hybridized carbons (Fsp3) is 0.667. The first-order valence-electron chi connectivity index (χ1n) is 5.35. The number of Topliss-reactive ketones (excluding diaryl/α,β-unsaturated/α-hetero) is 1. The van der Waals surface area contributed by atoms with Crippen LogP contribution < -0.4 is 0 Å². The second kappa shape index (κ2) is 4.56. The van der Waals surface area contributed by atoms with Gasteiger partial charge in [0.15, 0.2) is 0 Å². The summed E-state index contributed by atoms with van der Waals surface area (Å²) in [5.74, 6) is 1.72. The number of ether oxygens (including phenoxy) is 1. The maximum Gasteiger partial charge on any atom is 0.410 e. The van der Waals surface area contributed by atoms with Crippen LogP contribution in [0.15, 0.2) is 0 Å². The van der Waals surface area contributed by atoms with Crippen LogP contribution in [0.25, 0.3) is 0 Å². The van der Waals surface area contributed by atoms with Crippen LogP contribution in [0.5, 0.6) is 0 Å². The summed E-state index contributed by atoms with van der Waals surface area (Å²) < 4.78 is 5.21. The van der Waals surface area contributed by atoms with Crippen LogP contribution in [0.1, 0.15) is 33.6 Å². The van der Waals surface area contributed by atoms with E-state index in [4.69, 9.17) is 11.2 Å². The zero-order chi connectivity index (χ0) is 12.3. The van der Waals surface area contributed by atoms with E-state index in [9.17, 15) is 9.59 Å². The Morgan fingerprint density at radius 3 is 2.56 bits per heavy atom. The number of likely N-dealkylation sites (tertiary alicyclic amines) is 1. The van der Waals surface area contributed by atoms with Crippen LogP contribution >= 0.6 is 0 Å². The first-order chi connectivity index (χ1) is 7.35. The average molecular weight is 223 g/mol. The van der Waals surface area contributed by atoms with Gasteiger partial charge in [0.1, 0.15) is 11.6 Å². The van der Waals surface area contributed by atoms with E-state index in [1.54, 1.807) is 20.8 Å². The molecule has 1 amide bonds. The van der Waals surface area contributed by atoms with Crippen molar-refractivity contribution in [3.8, 4) is 12.3 Å². The monoisotopic (exact) mass is 223 g/mol. The normalized spacial score (nSPS) is 20.4. The number of terminal acetylenes is 1. The van der Waals surface area contributed by atoms with E-state index in [0.29, 0.717) is 13.0 Å². The van der Waals surface area contributed by atoms with Crippen LogP contribution in [-0.4, -0.2) is 35.0 Å². The molecule has 4 heteroatoms. The number of ketones is 1. The maximum atomic E-state index is 11.8. The van der Waals surface area contributed by atoms with Gasteiger partial charge in [0.25, 0.3) is 0 Å². The maximum absolute atomic E-state index is 11.8. The Kier molecular flexibility index (Phi) is 3.58. The summed E-state index contributed by atoms with van der Waals surface area (Å²) in [4.78, 5) is 24.6. The highest BCUT2D eigenvalue weighted by atomic mass is 16.6. The molecule has 1 aliphatic heterocycles. The third kappa shape index (κ3) is 2.99. The first kappa shape index (κ1) is 12.6. The van der Waals surface area contributed by atoms with E-state index < -0.39 is 17.7 Å². The van der Waals surface area contributed by atoms with Gasteiger partial charge in [0, 0.05) is 6.54 Å². The summed E-state index contributed by atoms with van der Waals surface area (Å²) in [6, 6.07) is -0.500. The number of hydrogen-bond acceptors (Lipinski definition) is 3. The van der Waals surface area contributed by atoms with Gasteiger partial charge >= 0.3 is 6.09 Å². The summed E-state index contributed by atoms with van der Waals surface area (Å²) in [6.07, 6.45) is 6.02. The summed E-state index contributed by atoms with van der Waals surface area (Å²) >= 11 is 0. The van der Waals surface area contributed by atoms with E-state index in [-0.39, 0.29) is 5.78 Å². The van der Waals surface area contributed by atoms with E-state index in [2.05, 4.69) is 5.92 Å². The lowest BCUT2D eigenvalue weighted by Gasteiger charge is -2.27. The molecule has 1 heterocycles. The zero-order valence-electron chi connectivity index (χ0n) is 9.95. The first-order valence-corrected chi connectivity index (χ1v) is 5.35. The minimum Gasteiger partial charge on any atom is -0.444 e. The van der Waals surface area contributed by atoms with Gasteiger partial charge in [-0.05, 0) is 39.5 Å². The average Bonchev–Trinajstić information content (AvgIpc) is 2.62. The highest BCUT2D eigenvalue weighted by Crippen LogP contribution is 2.21. The van der Waals surface area contributed by atoms with Crippen molar-refractivity contribution < 1.29 is 14.3 Å². The van der Waals surface area contributed by atoms with Gasteiger partial charge in [-0.25, -0.2) is 4.79 Å². The fourth-order valence-corrected chi connectivity index (χ4v) is 1.67. The van der Waals surface area contributed by atoms with Gasteiger partial charge in [-0.3, -0.25) is 9.69 Å². The number of amides is 1. The molecule has 16 heavy (non-hydrogen) atoms. The lowest BCUT2D eigenvalue weighted by molar-refractivity contribution is -0.117. The summed E-state index contributed by atoms with van der Waals surface area (Å²) in [5.41, 5.74) is -0.552. The van der Waals surface area contributed by atoms with Crippen LogP contribution in [0.3, 0.4) is 0 Å². The fourth-order valence-electron chi connectivity index (χ4n) is 1.67. The van der Waals surface area contributed by atoms with Crippen molar-refractivity contribution in [3.63, 3.8) is 0 Å². The Bertz CT molecular complexity index is 335. The van der Waals surface area contributed by atoms with Gasteiger partial charge in [-0.2, -0.15) is 0 Å². The molecule has 0 radical (unpaired) electrons. The highest BCUT2D eigenvalue weighted by molar-refractivity contribution is 6.00. The molecule has 0 aromatic heterocycles. The van der Waals surface area contributed by atoms with E-state index in [1.807, 2.05) is 0 Å². The highest BCUT2D eigenvalue weighted by Gasteiger charge is 2.35. The lowest BCUT2D eigenvalue weighted by Crippen LogP contribution is -2.43. The molecule has 1 fully saturated rings. The van der Waals surface area contributed by atoms with Gasteiger partial charge in [0.2, 0.25) is 5.78 Å². The molecule has 0 saturated carbocycles. The number of rotatable bonds is 1. The minimum atomic E-state index is -0.552. The van der Waals surface area contributed by atoms with Crippen LogP contribution in [0.2, 0.25) is 0 Å². The van der Waals surface area contributed by atoms with Crippen LogP contribution in [-0.2, 0) is 9.53 Å². The predicted octanol–water partition coefficient (Wildman–Crippen LogP) is 1.59. The molecule has 1 rings (SSSR count). The van der Waals surface area contributed by atoms with Crippen LogP contribution in [0, 0.1) is 12.3 Å². The number of nitrogens with zero attached hydrogens (tertiary/aromatic N) is 1. The van der Waals surface area contributed by atoms with Crippen molar-refractivity contribution >= 4 is 11.9 Å². The third-order valence-corrected chi connectivity index (χ3v) is 2.33. The van der Waals surface area contributed by atoms with Gasteiger partial charge in [-0.15, -0.1) is 6.42 Å². The van der Waals surface area contributed by atoms with Crippen molar-refractivity contribution in [1.82, 2.24) is 4.90 Å². The summed E-state index contributed by atoms with van der Waals surface area (Å²) in [5, 5.41) is 0. The Balaban J connectivity index is 2.69. The Hall–Kier alpha value is -1.50. The summed E-state index contributed by atoms with van der Waals surface area (Å²) in [6.45, 7) is 5.91. The molecule has 1 aliphatic rings. The van der Waals surface area contributed by atoms with Gasteiger partial charge in [0.05, 0.1) is 0 Å². The SMILES string of the molecule is C#CC(=O)[C@H]1CCCN1C(=O)OC(C)(C)C.